The van der Waals surface area contributed by atoms with Gasteiger partial charge < -0.3 is 18.9 Å². The van der Waals surface area contributed by atoms with E-state index in [4.69, 9.17) is 30.5 Å². The van der Waals surface area contributed by atoms with E-state index in [1.165, 1.54) is 0 Å². The molecule has 1 saturated heterocycles. The molecule has 0 aromatic heterocycles. The van der Waals surface area contributed by atoms with Crippen molar-refractivity contribution >= 4 is 27.5 Å². The molecule has 3 rings (SSSR count). The number of benzene rings is 1. The van der Waals surface area contributed by atoms with Gasteiger partial charge in [0.15, 0.2) is 11.5 Å². The van der Waals surface area contributed by atoms with Crippen molar-refractivity contribution in [2.45, 2.75) is 10.9 Å². The molecule has 104 valence electrons. The molecule has 1 aromatic carbocycles. The van der Waals surface area contributed by atoms with Crippen LogP contribution in [0.3, 0.4) is 0 Å². The molecule has 0 saturated carbocycles. The monoisotopic (exact) mass is 348 g/mol. The highest BCUT2D eigenvalue weighted by Gasteiger charge is 2.28. The van der Waals surface area contributed by atoms with Crippen molar-refractivity contribution < 1.29 is 18.9 Å². The van der Waals surface area contributed by atoms with Crippen LogP contribution < -0.4 is 9.47 Å². The van der Waals surface area contributed by atoms with Crippen molar-refractivity contribution in [2.75, 3.05) is 33.0 Å². The summed E-state index contributed by atoms with van der Waals surface area (Å²) in [6.45, 7) is 2.92. The maximum absolute atomic E-state index is 6.31. The average molecular weight is 350 g/mol. The molecule has 0 radical (unpaired) electrons. The normalized spacial score (nSPS) is 24.0. The third-order valence-corrected chi connectivity index (χ3v) is 4.54. The first-order valence-corrected chi connectivity index (χ1v) is 7.47. The molecule has 6 heteroatoms. The second-order valence-corrected chi connectivity index (χ2v) is 5.80. The van der Waals surface area contributed by atoms with Crippen molar-refractivity contribution in [1.82, 2.24) is 0 Å². The summed E-state index contributed by atoms with van der Waals surface area (Å²) in [5.41, 5.74) is 0.932. The van der Waals surface area contributed by atoms with E-state index < -0.39 is 0 Å². The summed E-state index contributed by atoms with van der Waals surface area (Å²) in [7, 11) is 0. The Kier molecular flexibility index (Phi) is 4.17. The van der Waals surface area contributed by atoms with Gasteiger partial charge in [-0.3, -0.25) is 0 Å². The predicted molar refractivity (Wildman–Crippen MR) is 74.7 cm³/mol. The van der Waals surface area contributed by atoms with E-state index in [-0.39, 0.29) is 10.9 Å². The number of ether oxygens (including phenoxy) is 4. The minimum atomic E-state index is -0.0474. The Morgan fingerprint density at radius 3 is 2.53 bits per heavy atom. The Morgan fingerprint density at radius 1 is 1.11 bits per heavy atom. The van der Waals surface area contributed by atoms with E-state index in [1.54, 1.807) is 6.07 Å². The minimum Gasteiger partial charge on any atom is -0.486 e. The zero-order chi connectivity index (χ0) is 13.2. The van der Waals surface area contributed by atoms with Crippen LogP contribution in [0.1, 0.15) is 10.4 Å². The van der Waals surface area contributed by atoms with E-state index in [0.717, 1.165) is 11.3 Å². The topological polar surface area (TPSA) is 36.9 Å². The highest BCUT2D eigenvalue weighted by atomic mass is 79.9. The smallest absolute Gasteiger partial charge is 0.162 e. The van der Waals surface area contributed by atoms with Crippen molar-refractivity contribution in [3.8, 4) is 11.5 Å². The van der Waals surface area contributed by atoms with Gasteiger partial charge in [0.2, 0.25) is 0 Å². The molecule has 0 N–H and O–H groups in total. The first kappa shape index (κ1) is 13.5. The largest absolute Gasteiger partial charge is 0.486 e. The summed E-state index contributed by atoms with van der Waals surface area (Å²) in [6.07, 6.45) is -0.0474. The highest BCUT2D eigenvalue weighted by molar-refractivity contribution is 9.09. The molecule has 2 heterocycles. The van der Waals surface area contributed by atoms with Crippen LogP contribution in [0, 0.1) is 0 Å². The van der Waals surface area contributed by atoms with Crippen LogP contribution in [0.15, 0.2) is 12.1 Å². The lowest BCUT2D eigenvalue weighted by Gasteiger charge is -2.28. The molecule has 0 spiro atoms. The fraction of sp³-hybridized carbons (Fsp3) is 0.538. The van der Waals surface area contributed by atoms with Gasteiger partial charge >= 0.3 is 0 Å². The van der Waals surface area contributed by atoms with Gasteiger partial charge in [-0.05, 0) is 11.6 Å². The Morgan fingerprint density at radius 2 is 1.84 bits per heavy atom. The van der Waals surface area contributed by atoms with Gasteiger partial charge in [0, 0.05) is 11.1 Å². The van der Waals surface area contributed by atoms with E-state index in [2.05, 4.69) is 15.9 Å². The van der Waals surface area contributed by atoms with Gasteiger partial charge in [0.05, 0.1) is 30.8 Å². The molecule has 1 fully saturated rings. The fourth-order valence-corrected chi connectivity index (χ4v) is 3.25. The Balaban J connectivity index is 1.86. The van der Waals surface area contributed by atoms with Crippen LogP contribution in [0.25, 0.3) is 0 Å². The summed E-state index contributed by atoms with van der Waals surface area (Å²) in [6, 6.07) is 3.71. The molecule has 2 aliphatic rings. The van der Waals surface area contributed by atoms with Gasteiger partial charge in [-0.25, -0.2) is 0 Å². The molecule has 2 atom stereocenters. The maximum atomic E-state index is 6.31. The van der Waals surface area contributed by atoms with E-state index in [0.29, 0.717) is 43.8 Å². The zero-order valence-electron chi connectivity index (χ0n) is 10.2. The lowest BCUT2D eigenvalue weighted by Crippen LogP contribution is -2.31. The number of fused-ring (bicyclic) bond motifs is 1. The Labute approximate surface area is 125 Å². The third kappa shape index (κ3) is 2.84. The predicted octanol–water partition coefficient (Wildman–Crippen LogP) is 2.96. The highest BCUT2D eigenvalue weighted by Crippen LogP contribution is 2.41. The number of rotatable bonds is 2. The van der Waals surface area contributed by atoms with E-state index in [1.807, 2.05) is 6.07 Å². The molecular formula is C13H14BrClO4. The van der Waals surface area contributed by atoms with Crippen LogP contribution in [0.2, 0.25) is 5.02 Å². The van der Waals surface area contributed by atoms with Crippen LogP contribution in [-0.4, -0.2) is 39.1 Å². The molecule has 0 bridgehead atoms. The first-order valence-electron chi connectivity index (χ1n) is 6.18. The molecule has 0 aliphatic carbocycles. The summed E-state index contributed by atoms with van der Waals surface area (Å²) < 4.78 is 22.2. The average Bonchev–Trinajstić information content (AvgIpc) is 2.47. The zero-order valence-corrected chi connectivity index (χ0v) is 12.6. The summed E-state index contributed by atoms with van der Waals surface area (Å²) in [5, 5.41) is 0.639. The SMILES string of the molecule is Clc1cc2c(cc1C(Br)C1COCCO1)OCCO2. The maximum Gasteiger partial charge on any atom is 0.162 e. The van der Waals surface area contributed by atoms with Crippen molar-refractivity contribution in [1.29, 1.82) is 0 Å². The Bertz CT molecular complexity index is 462. The standard InChI is InChI=1S/C13H14BrClO4/c14-13(12-7-16-1-2-19-12)8-5-10-11(6-9(8)15)18-4-3-17-10/h5-6,12-13H,1-4,7H2. The van der Waals surface area contributed by atoms with Crippen molar-refractivity contribution in [2.24, 2.45) is 0 Å². The van der Waals surface area contributed by atoms with Crippen molar-refractivity contribution in [3.63, 3.8) is 0 Å². The van der Waals surface area contributed by atoms with Gasteiger partial charge in [-0.1, -0.05) is 27.5 Å². The molecule has 2 unspecified atom stereocenters. The van der Waals surface area contributed by atoms with Crippen LogP contribution in [-0.2, 0) is 9.47 Å². The second kappa shape index (κ2) is 5.87. The molecule has 1 aromatic rings. The summed E-state index contributed by atoms with van der Waals surface area (Å²) in [5.74, 6) is 1.42. The van der Waals surface area contributed by atoms with Gasteiger partial charge in [-0.15, -0.1) is 0 Å². The van der Waals surface area contributed by atoms with Crippen LogP contribution in [0.4, 0.5) is 0 Å². The molecule has 4 nitrogen and oxygen atoms in total. The van der Waals surface area contributed by atoms with E-state index >= 15 is 0 Å². The van der Waals surface area contributed by atoms with Gasteiger partial charge in [0.1, 0.15) is 13.2 Å². The summed E-state index contributed by atoms with van der Waals surface area (Å²) >= 11 is 9.95. The van der Waals surface area contributed by atoms with Crippen molar-refractivity contribution in [3.05, 3.63) is 22.7 Å². The third-order valence-electron chi connectivity index (χ3n) is 3.13. The lowest BCUT2D eigenvalue weighted by molar-refractivity contribution is -0.0876. The van der Waals surface area contributed by atoms with Crippen LogP contribution >= 0.6 is 27.5 Å². The number of hydrogen-bond donors (Lipinski definition) is 0. The van der Waals surface area contributed by atoms with Crippen LogP contribution in [0.5, 0.6) is 11.5 Å². The number of hydrogen-bond acceptors (Lipinski definition) is 4. The quantitative estimate of drug-likeness (QED) is 0.769. The molecule has 19 heavy (non-hydrogen) atoms. The molecular weight excluding hydrogens is 335 g/mol. The second-order valence-electron chi connectivity index (χ2n) is 4.40. The lowest BCUT2D eigenvalue weighted by atomic mass is 10.1. The van der Waals surface area contributed by atoms with Gasteiger partial charge in [-0.2, -0.15) is 0 Å². The fourth-order valence-electron chi connectivity index (χ4n) is 2.17. The van der Waals surface area contributed by atoms with Gasteiger partial charge in [0.25, 0.3) is 0 Å². The first-order chi connectivity index (χ1) is 9.25. The number of alkyl halides is 1. The molecule has 2 aliphatic heterocycles. The minimum absolute atomic E-state index is 0.0314. The molecule has 0 amide bonds. The summed E-state index contributed by atoms with van der Waals surface area (Å²) in [4.78, 5) is -0.0314. The Hall–Kier alpha value is -0.490. The van der Waals surface area contributed by atoms with E-state index in [9.17, 15) is 0 Å². The number of halogens is 2.